The van der Waals surface area contributed by atoms with E-state index in [4.69, 9.17) is 0 Å². The molecule has 0 aromatic heterocycles. The molecule has 0 saturated heterocycles. The molecule has 2 aromatic rings. The van der Waals surface area contributed by atoms with Gasteiger partial charge in [-0.3, -0.25) is 10.1 Å². The highest BCUT2D eigenvalue weighted by atomic mass is 16.6. The van der Waals surface area contributed by atoms with E-state index in [1.807, 2.05) is 49.3 Å². The van der Waals surface area contributed by atoms with Crippen LogP contribution in [0.3, 0.4) is 0 Å². The molecule has 2 rings (SSSR count). The van der Waals surface area contributed by atoms with Crippen LogP contribution in [0.15, 0.2) is 78.0 Å². The maximum absolute atomic E-state index is 10.7. The zero-order valence-corrected chi connectivity index (χ0v) is 15.6. The Balaban J connectivity index is 2.34. The predicted octanol–water partition coefficient (Wildman–Crippen LogP) is 5.25. The molecule has 2 aromatic carbocycles. The lowest BCUT2D eigenvalue weighted by Gasteiger charge is -2.23. The molecule has 27 heavy (non-hydrogen) atoms. The van der Waals surface area contributed by atoms with Crippen LogP contribution in [0.25, 0.3) is 0 Å². The summed E-state index contributed by atoms with van der Waals surface area (Å²) in [7, 11) is 3.95. The zero-order valence-electron chi connectivity index (χ0n) is 15.6. The molecule has 0 aliphatic carbocycles. The van der Waals surface area contributed by atoms with E-state index in [1.54, 1.807) is 12.1 Å². The first-order valence-electron chi connectivity index (χ1n) is 8.40. The average molecular weight is 365 g/mol. The lowest BCUT2D eigenvalue weighted by atomic mass is 10.2. The van der Waals surface area contributed by atoms with Crippen molar-refractivity contribution in [3.05, 3.63) is 77.9 Å². The molecule has 0 bridgehead atoms. The van der Waals surface area contributed by atoms with Gasteiger partial charge in [-0.1, -0.05) is 12.2 Å². The monoisotopic (exact) mass is 365 g/mol. The lowest BCUT2D eigenvalue weighted by molar-refractivity contribution is -0.384. The number of benzene rings is 2. The lowest BCUT2D eigenvalue weighted by Crippen LogP contribution is -2.19. The van der Waals surface area contributed by atoms with Gasteiger partial charge in [-0.05, 0) is 30.3 Å². The van der Waals surface area contributed by atoms with E-state index >= 15 is 0 Å². The minimum atomic E-state index is -0.443. The topological polar surface area (TPSA) is 74.3 Å². The maximum atomic E-state index is 10.7. The van der Waals surface area contributed by atoms with Crippen molar-refractivity contribution in [1.29, 1.82) is 0 Å². The second kappa shape index (κ2) is 9.28. The molecule has 0 N–H and O–H groups in total. The van der Waals surface area contributed by atoms with Gasteiger partial charge in [0.1, 0.15) is 5.69 Å². The van der Waals surface area contributed by atoms with Crippen LogP contribution in [0.1, 0.15) is 0 Å². The molecule has 0 unspecified atom stereocenters. The standard InChI is InChI=1S/C20H23N5O2/c1-5-13-23(3)18-11-12-19(20(15-18)24(4)14-6-2)22-21-16-7-9-17(10-8-16)25(26)27/h5-12,15H,1-2,13-14H2,3-4H3. The molecule has 7 nitrogen and oxygen atoms in total. The first-order valence-corrected chi connectivity index (χ1v) is 8.40. The molecule has 0 amide bonds. The van der Waals surface area contributed by atoms with Crippen molar-refractivity contribution in [3.63, 3.8) is 0 Å². The van der Waals surface area contributed by atoms with E-state index in [9.17, 15) is 10.1 Å². The van der Waals surface area contributed by atoms with Crippen molar-refractivity contribution in [3.8, 4) is 0 Å². The quantitative estimate of drug-likeness (QED) is 0.263. The van der Waals surface area contributed by atoms with Gasteiger partial charge >= 0.3 is 0 Å². The van der Waals surface area contributed by atoms with Gasteiger partial charge in [0.25, 0.3) is 5.69 Å². The minimum absolute atomic E-state index is 0.0231. The summed E-state index contributed by atoms with van der Waals surface area (Å²) in [6.45, 7) is 8.95. The summed E-state index contributed by atoms with van der Waals surface area (Å²) in [5, 5.41) is 19.3. The van der Waals surface area contributed by atoms with Gasteiger partial charge in [0, 0.05) is 45.0 Å². The van der Waals surface area contributed by atoms with Crippen LogP contribution < -0.4 is 9.80 Å². The Morgan fingerprint density at radius 3 is 2.22 bits per heavy atom. The Bertz CT molecular complexity index is 846. The molecule has 0 spiro atoms. The van der Waals surface area contributed by atoms with Crippen LogP contribution in [0.4, 0.5) is 28.4 Å². The van der Waals surface area contributed by atoms with Gasteiger partial charge in [-0.2, -0.15) is 5.11 Å². The van der Waals surface area contributed by atoms with Gasteiger partial charge in [0.2, 0.25) is 0 Å². The average Bonchev–Trinajstić information content (AvgIpc) is 2.67. The number of hydrogen-bond donors (Lipinski definition) is 0. The maximum Gasteiger partial charge on any atom is 0.269 e. The second-order valence-corrected chi connectivity index (χ2v) is 5.98. The summed E-state index contributed by atoms with van der Waals surface area (Å²) in [5.41, 5.74) is 3.22. The van der Waals surface area contributed by atoms with Gasteiger partial charge in [0.05, 0.1) is 16.3 Å². The predicted molar refractivity (Wildman–Crippen MR) is 111 cm³/mol. The van der Waals surface area contributed by atoms with Crippen molar-refractivity contribution >= 4 is 28.4 Å². The summed E-state index contributed by atoms with van der Waals surface area (Å²) < 4.78 is 0. The number of nitrogens with zero attached hydrogens (tertiary/aromatic N) is 5. The van der Waals surface area contributed by atoms with Gasteiger partial charge in [0.15, 0.2) is 0 Å². The summed E-state index contributed by atoms with van der Waals surface area (Å²) in [6, 6.07) is 11.9. The molecule has 0 aliphatic heterocycles. The number of nitro benzene ring substituents is 1. The van der Waals surface area contributed by atoms with Crippen molar-refractivity contribution in [2.45, 2.75) is 0 Å². The zero-order chi connectivity index (χ0) is 19.8. The number of rotatable bonds is 9. The van der Waals surface area contributed by atoms with E-state index in [0.717, 1.165) is 17.9 Å². The number of likely N-dealkylation sites (N-methyl/N-ethyl adjacent to an activating group) is 2. The van der Waals surface area contributed by atoms with Crippen molar-refractivity contribution in [2.24, 2.45) is 10.2 Å². The normalized spacial score (nSPS) is 10.6. The van der Waals surface area contributed by atoms with E-state index in [0.29, 0.717) is 17.9 Å². The van der Waals surface area contributed by atoms with Gasteiger partial charge in [-0.25, -0.2) is 0 Å². The van der Waals surface area contributed by atoms with Crippen LogP contribution in [-0.4, -0.2) is 32.1 Å². The number of non-ortho nitro benzene ring substituents is 1. The number of hydrogen-bond acceptors (Lipinski definition) is 6. The summed E-state index contributed by atoms with van der Waals surface area (Å²) in [4.78, 5) is 14.4. The van der Waals surface area contributed by atoms with Crippen LogP contribution in [0.5, 0.6) is 0 Å². The number of azo groups is 1. The highest BCUT2D eigenvalue weighted by Crippen LogP contribution is 2.33. The minimum Gasteiger partial charge on any atom is -0.371 e. The Morgan fingerprint density at radius 1 is 1.00 bits per heavy atom. The Kier molecular flexibility index (Phi) is 6.82. The van der Waals surface area contributed by atoms with Crippen LogP contribution in [-0.2, 0) is 0 Å². The Hall–Kier alpha value is -3.48. The third-order valence-corrected chi connectivity index (χ3v) is 3.95. The first-order chi connectivity index (χ1) is 13.0. The molecular weight excluding hydrogens is 342 g/mol. The third kappa shape index (κ3) is 5.24. The third-order valence-electron chi connectivity index (χ3n) is 3.95. The van der Waals surface area contributed by atoms with Crippen molar-refractivity contribution < 1.29 is 4.92 Å². The fraction of sp³-hybridized carbons (Fsp3) is 0.200. The summed E-state index contributed by atoms with van der Waals surface area (Å²) >= 11 is 0. The smallest absolute Gasteiger partial charge is 0.269 e. The Labute approximate surface area is 159 Å². The molecule has 0 atom stereocenters. The molecule has 7 heteroatoms. The highest BCUT2D eigenvalue weighted by molar-refractivity contribution is 5.73. The molecular formula is C20H23N5O2. The van der Waals surface area contributed by atoms with Crippen molar-refractivity contribution in [1.82, 2.24) is 0 Å². The SMILES string of the molecule is C=CCN(C)c1ccc(N=Nc2ccc([N+](=O)[O-])cc2)c(N(C)CC=C)c1. The van der Waals surface area contributed by atoms with Crippen LogP contribution >= 0.6 is 0 Å². The van der Waals surface area contributed by atoms with Gasteiger partial charge in [-0.15, -0.1) is 18.3 Å². The number of anilines is 2. The van der Waals surface area contributed by atoms with Crippen molar-refractivity contribution in [2.75, 3.05) is 37.0 Å². The molecule has 0 saturated carbocycles. The molecule has 0 aliphatic rings. The van der Waals surface area contributed by atoms with Crippen LogP contribution in [0.2, 0.25) is 0 Å². The van der Waals surface area contributed by atoms with E-state index in [2.05, 4.69) is 28.3 Å². The van der Waals surface area contributed by atoms with E-state index in [1.165, 1.54) is 12.1 Å². The van der Waals surface area contributed by atoms with Gasteiger partial charge < -0.3 is 9.80 Å². The van der Waals surface area contributed by atoms with Crippen LogP contribution in [0, 0.1) is 10.1 Å². The summed E-state index contributed by atoms with van der Waals surface area (Å²) in [6.07, 6.45) is 3.66. The highest BCUT2D eigenvalue weighted by Gasteiger charge is 2.10. The Morgan fingerprint density at radius 2 is 1.63 bits per heavy atom. The molecule has 0 radical (unpaired) electrons. The summed E-state index contributed by atoms with van der Waals surface area (Å²) in [5.74, 6) is 0. The van der Waals surface area contributed by atoms with E-state index < -0.39 is 4.92 Å². The molecule has 0 fully saturated rings. The second-order valence-electron chi connectivity index (χ2n) is 5.98. The molecule has 0 heterocycles. The number of nitro groups is 1. The fourth-order valence-corrected chi connectivity index (χ4v) is 2.48. The van der Waals surface area contributed by atoms with E-state index in [-0.39, 0.29) is 5.69 Å². The largest absolute Gasteiger partial charge is 0.371 e. The first kappa shape index (κ1) is 19.8. The fourth-order valence-electron chi connectivity index (χ4n) is 2.48. The molecule has 140 valence electrons.